The van der Waals surface area contributed by atoms with Crippen molar-refractivity contribution in [1.82, 2.24) is 0 Å². The lowest BCUT2D eigenvalue weighted by molar-refractivity contribution is -0.117. The highest BCUT2D eigenvalue weighted by atomic mass is 16.5. The van der Waals surface area contributed by atoms with Crippen LogP contribution < -0.4 is 14.2 Å². The number of esters is 1. The predicted octanol–water partition coefficient (Wildman–Crippen LogP) is 4.08. The Morgan fingerprint density at radius 2 is 1.67 bits per heavy atom. The van der Waals surface area contributed by atoms with Gasteiger partial charge in [-0.3, -0.25) is 4.79 Å². The topological polar surface area (TPSA) is 82.1 Å². The van der Waals surface area contributed by atoms with Crippen molar-refractivity contribution in [3.8, 4) is 17.2 Å². The molecule has 0 aliphatic heterocycles. The third-order valence-electron chi connectivity index (χ3n) is 4.53. The second-order valence-electron chi connectivity index (χ2n) is 6.74. The quantitative estimate of drug-likeness (QED) is 0.345. The number of fused-ring (bicyclic) bond motifs is 1. The van der Waals surface area contributed by atoms with E-state index in [0.717, 1.165) is 10.8 Å². The van der Waals surface area contributed by atoms with Crippen LogP contribution in [0.2, 0.25) is 0 Å². The SMILES string of the molecule is C=C(C)C(=O)COc1ccc2cc(C(=O)Oc3ccc(OC)cc3CO)ccc2c1. The molecule has 0 unspecified atom stereocenters. The minimum atomic E-state index is -0.538. The first-order valence-corrected chi connectivity index (χ1v) is 9.26. The van der Waals surface area contributed by atoms with Crippen LogP contribution in [-0.4, -0.2) is 30.6 Å². The average molecular weight is 406 g/mol. The monoisotopic (exact) mass is 406 g/mol. The number of hydrogen-bond donors (Lipinski definition) is 1. The normalized spacial score (nSPS) is 10.5. The molecule has 6 heteroatoms. The number of Topliss-reactive ketones (excluding diaryl/α,β-unsaturated/α-hetero) is 1. The van der Waals surface area contributed by atoms with Crippen molar-refractivity contribution in [3.05, 3.63) is 77.9 Å². The minimum Gasteiger partial charge on any atom is -0.497 e. The molecule has 3 rings (SSSR count). The van der Waals surface area contributed by atoms with Gasteiger partial charge in [-0.25, -0.2) is 4.79 Å². The summed E-state index contributed by atoms with van der Waals surface area (Å²) in [6, 6.07) is 15.3. The lowest BCUT2D eigenvalue weighted by Crippen LogP contribution is -2.11. The van der Waals surface area contributed by atoms with Crippen LogP contribution in [0.1, 0.15) is 22.8 Å². The first kappa shape index (κ1) is 21.1. The van der Waals surface area contributed by atoms with Crippen molar-refractivity contribution in [2.75, 3.05) is 13.7 Å². The fourth-order valence-electron chi connectivity index (χ4n) is 2.78. The number of benzene rings is 3. The Hall–Kier alpha value is -3.64. The maximum atomic E-state index is 12.6. The summed E-state index contributed by atoms with van der Waals surface area (Å²) in [4.78, 5) is 24.2. The number of carbonyl (C=O) groups is 2. The summed E-state index contributed by atoms with van der Waals surface area (Å²) >= 11 is 0. The molecular weight excluding hydrogens is 384 g/mol. The Morgan fingerprint density at radius 3 is 2.37 bits per heavy atom. The van der Waals surface area contributed by atoms with Crippen LogP contribution in [0.4, 0.5) is 0 Å². The lowest BCUT2D eigenvalue weighted by Gasteiger charge is -2.11. The van der Waals surface area contributed by atoms with Crippen LogP contribution in [0.25, 0.3) is 10.8 Å². The Balaban J connectivity index is 1.77. The van der Waals surface area contributed by atoms with E-state index >= 15 is 0 Å². The number of ether oxygens (including phenoxy) is 3. The van der Waals surface area contributed by atoms with Crippen LogP contribution in [0, 0.1) is 0 Å². The molecule has 0 fully saturated rings. The average Bonchev–Trinajstić information content (AvgIpc) is 2.76. The van der Waals surface area contributed by atoms with Crippen molar-refractivity contribution in [2.24, 2.45) is 0 Å². The van der Waals surface area contributed by atoms with Gasteiger partial charge in [-0.1, -0.05) is 18.7 Å². The molecule has 6 nitrogen and oxygen atoms in total. The molecular formula is C24H22O6. The molecule has 0 heterocycles. The van der Waals surface area contributed by atoms with Gasteiger partial charge in [0.05, 0.1) is 19.3 Å². The molecule has 3 aromatic rings. The smallest absolute Gasteiger partial charge is 0.343 e. The number of methoxy groups -OCH3 is 1. The largest absolute Gasteiger partial charge is 0.497 e. The summed E-state index contributed by atoms with van der Waals surface area (Å²) in [5.74, 6) is 0.693. The van der Waals surface area contributed by atoms with Gasteiger partial charge < -0.3 is 19.3 Å². The van der Waals surface area contributed by atoms with Gasteiger partial charge in [-0.2, -0.15) is 0 Å². The number of hydrogen-bond acceptors (Lipinski definition) is 6. The van der Waals surface area contributed by atoms with E-state index in [9.17, 15) is 14.7 Å². The van der Waals surface area contributed by atoms with Gasteiger partial charge in [0.1, 0.15) is 17.2 Å². The highest BCUT2D eigenvalue weighted by Gasteiger charge is 2.13. The summed E-state index contributed by atoms with van der Waals surface area (Å²) in [5, 5.41) is 11.2. The maximum Gasteiger partial charge on any atom is 0.343 e. The number of rotatable bonds is 8. The second-order valence-corrected chi connectivity index (χ2v) is 6.74. The molecule has 0 saturated heterocycles. The van der Waals surface area contributed by atoms with Gasteiger partial charge in [0.15, 0.2) is 12.4 Å². The molecule has 0 aliphatic rings. The zero-order chi connectivity index (χ0) is 21.7. The lowest BCUT2D eigenvalue weighted by atomic mass is 10.1. The highest BCUT2D eigenvalue weighted by molar-refractivity contribution is 5.97. The standard InChI is InChI=1S/C24H22O6/c1-15(2)22(26)14-29-21-7-6-16-10-18(5-4-17(16)11-21)24(27)30-23-9-8-20(28-3)12-19(23)13-25/h4-12,25H,1,13-14H2,2-3H3. The highest BCUT2D eigenvalue weighted by Crippen LogP contribution is 2.26. The van der Waals surface area contributed by atoms with Gasteiger partial charge in [0.25, 0.3) is 0 Å². The zero-order valence-electron chi connectivity index (χ0n) is 16.8. The van der Waals surface area contributed by atoms with E-state index < -0.39 is 5.97 Å². The fraction of sp³-hybridized carbons (Fsp3) is 0.167. The van der Waals surface area contributed by atoms with Gasteiger partial charge in [-0.15, -0.1) is 0 Å². The van der Waals surface area contributed by atoms with Crippen molar-refractivity contribution >= 4 is 22.5 Å². The molecule has 1 N–H and O–H groups in total. The number of aliphatic hydroxyl groups is 1. The molecule has 0 saturated carbocycles. The van der Waals surface area contributed by atoms with E-state index in [0.29, 0.717) is 28.2 Å². The molecule has 30 heavy (non-hydrogen) atoms. The van der Waals surface area contributed by atoms with Crippen LogP contribution >= 0.6 is 0 Å². The predicted molar refractivity (Wildman–Crippen MR) is 113 cm³/mol. The number of ketones is 1. The summed E-state index contributed by atoms with van der Waals surface area (Å²) in [5.41, 5.74) is 1.27. The van der Waals surface area contributed by atoms with Gasteiger partial charge in [0.2, 0.25) is 0 Å². The van der Waals surface area contributed by atoms with Crippen LogP contribution in [0.15, 0.2) is 66.7 Å². The van der Waals surface area contributed by atoms with Gasteiger partial charge >= 0.3 is 5.97 Å². The second kappa shape index (κ2) is 9.24. The summed E-state index contributed by atoms with van der Waals surface area (Å²) in [6.45, 7) is 4.89. The van der Waals surface area contributed by atoms with Gasteiger partial charge in [-0.05, 0) is 65.7 Å². The van der Waals surface area contributed by atoms with E-state index in [1.807, 2.05) is 0 Å². The summed E-state index contributed by atoms with van der Waals surface area (Å²) < 4.78 is 16.1. The van der Waals surface area contributed by atoms with E-state index in [-0.39, 0.29) is 24.7 Å². The van der Waals surface area contributed by atoms with E-state index in [2.05, 4.69) is 6.58 Å². The van der Waals surface area contributed by atoms with Crippen LogP contribution in [0.5, 0.6) is 17.2 Å². The Morgan fingerprint density at radius 1 is 0.967 bits per heavy atom. The molecule has 0 amide bonds. The molecule has 0 atom stereocenters. The van der Waals surface area contributed by atoms with E-state index in [1.165, 1.54) is 7.11 Å². The van der Waals surface area contributed by atoms with Gasteiger partial charge in [0, 0.05) is 5.56 Å². The molecule has 0 spiro atoms. The van der Waals surface area contributed by atoms with Crippen LogP contribution in [0.3, 0.4) is 0 Å². The van der Waals surface area contributed by atoms with Crippen LogP contribution in [-0.2, 0) is 11.4 Å². The molecule has 0 aromatic heterocycles. The number of aliphatic hydroxyl groups excluding tert-OH is 1. The third kappa shape index (κ3) is 4.85. The van der Waals surface area contributed by atoms with Crippen molar-refractivity contribution in [1.29, 1.82) is 0 Å². The first-order valence-electron chi connectivity index (χ1n) is 9.26. The van der Waals surface area contributed by atoms with E-state index in [4.69, 9.17) is 14.2 Å². The van der Waals surface area contributed by atoms with Crippen molar-refractivity contribution < 1.29 is 28.9 Å². The third-order valence-corrected chi connectivity index (χ3v) is 4.53. The first-order chi connectivity index (χ1) is 14.4. The van der Waals surface area contributed by atoms with E-state index in [1.54, 1.807) is 61.5 Å². The molecule has 0 aliphatic carbocycles. The molecule has 3 aromatic carbocycles. The Kier molecular flexibility index (Phi) is 6.49. The Bertz CT molecular complexity index is 1120. The van der Waals surface area contributed by atoms with Crippen molar-refractivity contribution in [2.45, 2.75) is 13.5 Å². The number of carbonyl (C=O) groups excluding carboxylic acids is 2. The fourth-order valence-corrected chi connectivity index (χ4v) is 2.78. The summed E-state index contributed by atoms with van der Waals surface area (Å²) in [7, 11) is 1.52. The molecule has 154 valence electrons. The Labute approximate surface area is 174 Å². The maximum absolute atomic E-state index is 12.6. The molecule has 0 radical (unpaired) electrons. The zero-order valence-corrected chi connectivity index (χ0v) is 16.8. The molecule has 0 bridgehead atoms. The van der Waals surface area contributed by atoms with Crippen molar-refractivity contribution in [3.63, 3.8) is 0 Å². The minimum absolute atomic E-state index is 0.0691. The summed E-state index contributed by atoms with van der Waals surface area (Å²) in [6.07, 6.45) is 0.